The lowest BCUT2D eigenvalue weighted by molar-refractivity contribution is -0.112. The Kier molecular flexibility index (Phi) is 4.01. The first-order valence-corrected chi connectivity index (χ1v) is 5.78. The number of rotatable bonds is 3. The van der Waals surface area contributed by atoms with Crippen LogP contribution in [0.25, 0.3) is 6.08 Å². The maximum atomic E-state index is 11.9. The van der Waals surface area contributed by atoms with Crippen molar-refractivity contribution in [2.75, 3.05) is 5.32 Å². The number of furan rings is 1. The normalized spacial score (nSPS) is 10.8. The smallest absolute Gasteiger partial charge is 0.266 e. The van der Waals surface area contributed by atoms with Crippen molar-refractivity contribution in [3.8, 4) is 6.07 Å². The molecule has 0 aliphatic carbocycles. The van der Waals surface area contributed by atoms with E-state index in [4.69, 9.17) is 21.3 Å². The predicted molar refractivity (Wildman–Crippen MR) is 72.4 cm³/mol. The minimum Gasteiger partial charge on any atom is -0.472 e. The number of nitrogens with zero attached hydrogens (tertiary/aromatic N) is 1. The largest absolute Gasteiger partial charge is 0.472 e. The fourth-order valence-corrected chi connectivity index (χ4v) is 1.53. The van der Waals surface area contributed by atoms with Crippen LogP contribution in [-0.4, -0.2) is 5.91 Å². The predicted octanol–water partition coefficient (Wildman–Crippen LogP) is 3.48. The highest BCUT2D eigenvalue weighted by atomic mass is 35.5. The van der Waals surface area contributed by atoms with E-state index in [1.165, 1.54) is 18.6 Å². The van der Waals surface area contributed by atoms with Crippen LogP contribution < -0.4 is 5.32 Å². The zero-order chi connectivity index (χ0) is 13.7. The van der Waals surface area contributed by atoms with Gasteiger partial charge in [0.15, 0.2) is 0 Å². The van der Waals surface area contributed by atoms with Crippen molar-refractivity contribution in [3.63, 3.8) is 0 Å². The summed E-state index contributed by atoms with van der Waals surface area (Å²) in [7, 11) is 0. The Bertz CT molecular complexity index is 637. The molecule has 94 valence electrons. The van der Waals surface area contributed by atoms with Gasteiger partial charge in [-0.05, 0) is 36.4 Å². The van der Waals surface area contributed by atoms with Crippen molar-refractivity contribution in [2.24, 2.45) is 0 Å². The molecule has 5 heteroatoms. The van der Waals surface area contributed by atoms with Crippen LogP contribution in [0.3, 0.4) is 0 Å². The molecule has 1 N–H and O–H groups in total. The Morgan fingerprint density at radius 2 is 2.05 bits per heavy atom. The van der Waals surface area contributed by atoms with Crippen LogP contribution >= 0.6 is 11.6 Å². The van der Waals surface area contributed by atoms with Gasteiger partial charge in [-0.1, -0.05) is 11.6 Å². The summed E-state index contributed by atoms with van der Waals surface area (Å²) in [5.41, 5.74) is 1.22. The molecule has 0 saturated heterocycles. The van der Waals surface area contributed by atoms with Gasteiger partial charge in [-0.2, -0.15) is 5.26 Å². The number of carbonyl (C=O) groups is 1. The minimum atomic E-state index is -0.481. The molecule has 0 aliphatic rings. The number of nitrogens with one attached hydrogen (secondary N) is 1. The van der Waals surface area contributed by atoms with E-state index in [0.717, 1.165) is 0 Å². The van der Waals surface area contributed by atoms with Crippen molar-refractivity contribution < 1.29 is 9.21 Å². The lowest BCUT2D eigenvalue weighted by Gasteiger charge is -2.03. The number of hydrogen-bond acceptors (Lipinski definition) is 3. The monoisotopic (exact) mass is 272 g/mol. The number of halogens is 1. The van der Waals surface area contributed by atoms with Crippen molar-refractivity contribution in [2.45, 2.75) is 0 Å². The van der Waals surface area contributed by atoms with Gasteiger partial charge in [0.1, 0.15) is 11.6 Å². The van der Waals surface area contributed by atoms with Gasteiger partial charge in [-0.25, -0.2) is 0 Å². The van der Waals surface area contributed by atoms with Gasteiger partial charge in [0.25, 0.3) is 5.91 Å². The number of hydrogen-bond donors (Lipinski definition) is 1. The Morgan fingerprint density at radius 3 is 2.63 bits per heavy atom. The third kappa shape index (κ3) is 3.47. The first kappa shape index (κ1) is 12.9. The molecule has 0 aliphatic heterocycles. The summed E-state index contributed by atoms with van der Waals surface area (Å²) < 4.78 is 4.87. The molecule has 0 fully saturated rings. The highest BCUT2D eigenvalue weighted by Gasteiger charge is 2.09. The van der Waals surface area contributed by atoms with Crippen LogP contribution in [0.2, 0.25) is 5.02 Å². The second-order valence-electron chi connectivity index (χ2n) is 3.69. The summed E-state index contributed by atoms with van der Waals surface area (Å²) in [4.78, 5) is 11.9. The summed E-state index contributed by atoms with van der Waals surface area (Å²) in [6.07, 6.45) is 4.37. The molecule has 0 atom stereocenters. The Balaban J connectivity index is 2.14. The van der Waals surface area contributed by atoms with E-state index < -0.39 is 5.91 Å². The lowest BCUT2D eigenvalue weighted by atomic mass is 10.2. The molecule has 0 saturated carbocycles. The van der Waals surface area contributed by atoms with Crippen LogP contribution in [0.5, 0.6) is 0 Å². The average Bonchev–Trinajstić information content (AvgIpc) is 2.91. The summed E-state index contributed by atoms with van der Waals surface area (Å²) in [5.74, 6) is -0.481. The maximum absolute atomic E-state index is 11.9. The number of anilines is 1. The van der Waals surface area contributed by atoms with Gasteiger partial charge >= 0.3 is 0 Å². The van der Waals surface area contributed by atoms with Gasteiger partial charge in [0.2, 0.25) is 0 Å². The first-order valence-electron chi connectivity index (χ1n) is 5.40. The van der Waals surface area contributed by atoms with Crippen LogP contribution in [0, 0.1) is 11.3 Å². The van der Waals surface area contributed by atoms with Gasteiger partial charge < -0.3 is 9.73 Å². The third-order valence-electron chi connectivity index (χ3n) is 2.32. The molecule has 19 heavy (non-hydrogen) atoms. The van der Waals surface area contributed by atoms with Crippen LogP contribution in [0.1, 0.15) is 5.56 Å². The summed E-state index contributed by atoms with van der Waals surface area (Å²) >= 11 is 5.75. The second kappa shape index (κ2) is 5.89. The summed E-state index contributed by atoms with van der Waals surface area (Å²) in [5, 5.41) is 12.2. The zero-order valence-corrected chi connectivity index (χ0v) is 10.5. The molecule has 1 aromatic heterocycles. The van der Waals surface area contributed by atoms with Gasteiger partial charge in [0.05, 0.1) is 12.5 Å². The molecule has 1 aromatic carbocycles. The third-order valence-corrected chi connectivity index (χ3v) is 2.57. The lowest BCUT2D eigenvalue weighted by Crippen LogP contribution is -2.13. The van der Waals surface area contributed by atoms with E-state index >= 15 is 0 Å². The molecule has 0 unspecified atom stereocenters. The van der Waals surface area contributed by atoms with Crippen molar-refractivity contribution in [3.05, 3.63) is 59.0 Å². The summed E-state index contributed by atoms with van der Waals surface area (Å²) in [6.45, 7) is 0. The number of carbonyl (C=O) groups excluding carboxylic acids is 1. The van der Waals surface area contributed by atoms with E-state index in [2.05, 4.69) is 5.32 Å². The SMILES string of the molecule is N#CC(=Cc1ccoc1)C(=O)Nc1ccc(Cl)cc1. The maximum Gasteiger partial charge on any atom is 0.266 e. The Morgan fingerprint density at radius 1 is 1.32 bits per heavy atom. The molecule has 1 amide bonds. The number of benzene rings is 1. The van der Waals surface area contributed by atoms with Gasteiger partial charge in [-0.3, -0.25) is 4.79 Å². The quantitative estimate of drug-likeness (QED) is 0.687. The fourth-order valence-electron chi connectivity index (χ4n) is 1.40. The second-order valence-corrected chi connectivity index (χ2v) is 4.12. The van der Waals surface area contributed by atoms with Crippen molar-refractivity contribution in [1.29, 1.82) is 5.26 Å². The standard InChI is InChI=1S/C14H9ClN2O2/c15-12-1-3-13(4-2-12)17-14(18)11(8-16)7-10-5-6-19-9-10/h1-7,9H,(H,17,18). The highest BCUT2D eigenvalue weighted by molar-refractivity contribution is 6.30. The van der Waals surface area contributed by atoms with Crippen molar-refractivity contribution >= 4 is 29.3 Å². The molecule has 2 aromatic rings. The van der Waals surface area contributed by atoms with Crippen LogP contribution in [0.15, 0.2) is 52.8 Å². The first-order chi connectivity index (χ1) is 9.19. The van der Waals surface area contributed by atoms with E-state index in [-0.39, 0.29) is 5.57 Å². The fraction of sp³-hybridized carbons (Fsp3) is 0. The highest BCUT2D eigenvalue weighted by Crippen LogP contribution is 2.15. The molecular formula is C14H9ClN2O2. The number of nitriles is 1. The average molecular weight is 273 g/mol. The van der Waals surface area contributed by atoms with Crippen LogP contribution in [-0.2, 0) is 4.79 Å². The van der Waals surface area contributed by atoms with Gasteiger partial charge in [-0.15, -0.1) is 0 Å². The Hall–Kier alpha value is -2.51. The molecule has 2 rings (SSSR count). The molecule has 0 bridgehead atoms. The van der Waals surface area contributed by atoms with E-state index in [0.29, 0.717) is 16.3 Å². The van der Waals surface area contributed by atoms with E-state index in [1.54, 1.807) is 30.3 Å². The molecular weight excluding hydrogens is 264 g/mol. The van der Waals surface area contributed by atoms with Gasteiger partial charge in [0, 0.05) is 16.3 Å². The van der Waals surface area contributed by atoms with E-state index in [9.17, 15) is 4.79 Å². The minimum absolute atomic E-state index is 0.00338. The molecule has 0 spiro atoms. The Labute approximate surface area is 114 Å². The summed E-state index contributed by atoms with van der Waals surface area (Å²) in [6, 6.07) is 10.1. The van der Waals surface area contributed by atoms with E-state index in [1.807, 2.05) is 6.07 Å². The van der Waals surface area contributed by atoms with Crippen molar-refractivity contribution in [1.82, 2.24) is 0 Å². The molecule has 1 heterocycles. The molecule has 0 radical (unpaired) electrons. The topological polar surface area (TPSA) is 66.0 Å². The zero-order valence-electron chi connectivity index (χ0n) is 9.76. The number of amides is 1. The molecule has 4 nitrogen and oxygen atoms in total. The van der Waals surface area contributed by atoms with Crippen LogP contribution in [0.4, 0.5) is 5.69 Å².